The van der Waals surface area contributed by atoms with Crippen molar-refractivity contribution < 1.29 is 9.00 Å². The van der Waals surface area contributed by atoms with E-state index < -0.39 is 10.8 Å². The van der Waals surface area contributed by atoms with Crippen molar-refractivity contribution in [3.8, 4) is 0 Å². The molecule has 3 atom stereocenters. The van der Waals surface area contributed by atoms with Gasteiger partial charge >= 0.3 is 0 Å². The summed E-state index contributed by atoms with van der Waals surface area (Å²) in [5, 5.41) is 3.28. The van der Waals surface area contributed by atoms with Crippen LogP contribution in [0.15, 0.2) is 54.6 Å². The molecule has 1 saturated carbocycles. The fourth-order valence-corrected chi connectivity index (χ4v) is 5.34. The van der Waals surface area contributed by atoms with E-state index in [-0.39, 0.29) is 17.9 Å². The molecule has 1 aliphatic carbocycles. The second-order valence-corrected chi connectivity index (χ2v) is 9.42. The van der Waals surface area contributed by atoms with E-state index >= 15 is 0 Å². The summed E-state index contributed by atoms with van der Waals surface area (Å²) in [5.74, 6) is 0.0809. The molecule has 3 rings (SSSR count). The van der Waals surface area contributed by atoms with Crippen molar-refractivity contribution in [2.45, 2.75) is 56.1 Å². The summed E-state index contributed by atoms with van der Waals surface area (Å²) in [4.78, 5) is 12.7. The Labute approximate surface area is 170 Å². The van der Waals surface area contributed by atoms with E-state index in [1.54, 1.807) is 0 Å². The van der Waals surface area contributed by atoms with Crippen LogP contribution in [-0.2, 0) is 21.3 Å². The van der Waals surface area contributed by atoms with Crippen LogP contribution in [0.4, 0.5) is 5.69 Å². The minimum absolute atomic E-state index is 0.109. The summed E-state index contributed by atoms with van der Waals surface area (Å²) < 4.78 is 12.7. The summed E-state index contributed by atoms with van der Waals surface area (Å²) in [7, 11) is -0.852. The lowest BCUT2D eigenvalue weighted by Crippen LogP contribution is -2.30. The molecule has 2 aromatic carbocycles. The topological polar surface area (TPSA) is 72.2 Å². The van der Waals surface area contributed by atoms with Crippen LogP contribution in [0.2, 0.25) is 0 Å². The molecule has 4 nitrogen and oxygen atoms in total. The van der Waals surface area contributed by atoms with Crippen LogP contribution in [0.25, 0.3) is 0 Å². The molecule has 0 heterocycles. The largest absolute Gasteiger partial charge is 0.326 e. The van der Waals surface area contributed by atoms with Crippen molar-refractivity contribution in [1.29, 1.82) is 0 Å². The zero-order valence-corrected chi connectivity index (χ0v) is 17.3. The smallest absolute Gasteiger partial charge is 0.229 e. The lowest BCUT2D eigenvalue weighted by Gasteiger charge is -2.21. The molecular weight excluding hydrogens is 368 g/mol. The number of hydrogen-bond acceptors (Lipinski definition) is 3. The molecule has 0 radical (unpaired) electrons. The average Bonchev–Trinajstić information content (AvgIpc) is 2.74. The van der Waals surface area contributed by atoms with Crippen molar-refractivity contribution in [1.82, 2.24) is 0 Å². The van der Waals surface area contributed by atoms with Gasteiger partial charge in [0, 0.05) is 33.5 Å². The number of amides is 1. The van der Waals surface area contributed by atoms with Gasteiger partial charge < -0.3 is 11.1 Å². The van der Waals surface area contributed by atoms with Gasteiger partial charge in [-0.1, -0.05) is 68.7 Å². The monoisotopic (exact) mass is 398 g/mol. The fourth-order valence-electron chi connectivity index (χ4n) is 3.73. The minimum atomic E-state index is -0.852. The van der Waals surface area contributed by atoms with Gasteiger partial charge in [-0.25, -0.2) is 0 Å². The maximum Gasteiger partial charge on any atom is 0.229 e. The van der Waals surface area contributed by atoms with E-state index in [0.717, 1.165) is 29.7 Å². The van der Waals surface area contributed by atoms with Gasteiger partial charge in [0.15, 0.2) is 0 Å². The first-order valence-corrected chi connectivity index (χ1v) is 11.5. The number of nitrogens with one attached hydrogen (secondary N) is 1. The molecule has 0 aliphatic heterocycles. The van der Waals surface area contributed by atoms with Crippen LogP contribution in [0.3, 0.4) is 0 Å². The number of carbonyl (C=O) groups excluding carboxylic acids is 1. The Bertz CT molecular complexity index is 803. The molecule has 1 amide bonds. The standard InChI is InChI=1S/C23H30N2O2S/c1-17(22(24)19-10-4-2-5-11-19)23(26)25-20-12-8-9-18(15-20)16-28(27)21-13-6-3-7-14-21/h2,4-5,8-12,15,17,21-22H,3,6-7,13-14,16,24H2,1H3,(H,25,26). The maximum atomic E-state index is 12.7. The zero-order chi connectivity index (χ0) is 19.9. The first-order valence-electron chi connectivity index (χ1n) is 10.1. The molecule has 28 heavy (non-hydrogen) atoms. The van der Waals surface area contributed by atoms with Crippen molar-refractivity contribution in [2.24, 2.45) is 11.7 Å². The quantitative estimate of drug-likeness (QED) is 0.719. The van der Waals surface area contributed by atoms with Crippen LogP contribution < -0.4 is 11.1 Å². The van der Waals surface area contributed by atoms with E-state index in [9.17, 15) is 9.00 Å². The van der Waals surface area contributed by atoms with Crippen molar-refractivity contribution in [2.75, 3.05) is 5.32 Å². The number of nitrogens with two attached hydrogens (primary N) is 1. The molecule has 3 unspecified atom stereocenters. The fraction of sp³-hybridized carbons (Fsp3) is 0.435. The third kappa shape index (κ3) is 5.52. The number of anilines is 1. The van der Waals surface area contributed by atoms with Crippen molar-refractivity contribution in [3.05, 3.63) is 65.7 Å². The summed E-state index contributed by atoms with van der Waals surface area (Å²) in [6.07, 6.45) is 5.77. The molecule has 150 valence electrons. The highest BCUT2D eigenvalue weighted by atomic mass is 32.2. The molecule has 1 aliphatic rings. The Morgan fingerprint density at radius 3 is 2.54 bits per heavy atom. The van der Waals surface area contributed by atoms with Gasteiger partial charge in [-0.3, -0.25) is 9.00 Å². The van der Waals surface area contributed by atoms with E-state index in [1.165, 1.54) is 19.3 Å². The lowest BCUT2D eigenvalue weighted by atomic mass is 9.94. The van der Waals surface area contributed by atoms with Crippen LogP contribution in [0.1, 0.15) is 56.2 Å². The van der Waals surface area contributed by atoms with Gasteiger partial charge in [0.05, 0.1) is 5.92 Å². The average molecular weight is 399 g/mol. The van der Waals surface area contributed by atoms with E-state index in [0.29, 0.717) is 11.0 Å². The predicted molar refractivity (Wildman–Crippen MR) is 116 cm³/mol. The molecule has 0 spiro atoms. The Hall–Kier alpha value is -1.98. The molecular formula is C23H30N2O2S. The molecule has 0 aromatic heterocycles. The summed E-state index contributed by atoms with van der Waals surface area (Å²) in [5.41, 5.74) is 8.95. The van der Waals surface area contributed by atoms with Gasteiger partial charge in [0.25, 0.3) is 0 Å². The number of carbonyl (C=O) groups is 1. The number of rotatable bonds is 7. The normalized spacial score (nSPS) is 18.2. The highest BCUT2D eigenvalue weighted by Crippen LogP contribution is 2.25. The first kappa shape index (κ1) is 20.7. The molecule has 2 aromatic rings. The van der Waals surface area contributed by atoms with Gasteiger partial charge in [-0.05, 0) is 36.1 Å². The van der Waals surface area contributed by atoms with Crippen molar-refractivity contribution in [3.63, 3.8) is 0 Å². The molecule has 1 fully saturated rings. The first-order chi connectivity index (χ1) is 13.5. The van der Waals surface area contributed by atoms with E-state index in [4.69, 9.17) is 5.73 Å². The Balaban J connectivity index is 1.60. The van der Waals surface area contributed by atoms with Gasteiger partial charge in [0.1, 0.15) is 0 Å². The number of benzene rings is 2. The predicted octanol–water partition coefficient (Wildman–Crippen LogP) is 4.54. The second kappa shape index (κ2) is 9.99. The van der Waals surface area contributed by atoms with E-state index in [2.05, 4.69) is 5.32 Å². The molecule has 3 N–H and O–H groups in total. The highest BCUT2D eigenvalue weighted by molar-refractivity contribution is 7.84. The Kier molecular flexibility index (Phi) is 7.40. The summed E-state index contributed by atoms with van der Waals surface area (Å²) in [6.45, 7) is 1.84. The highest BCUT2D eigenvalue weighted by Gasteiger charge is 2.23. The van der Waals surface area contributed by atoms with Crippen molar-refractivity contribution >= 4 is 22.4 Å². The molecule has 0 saturated heterocycles. The summed E-state index contributed by atoms with van der Waals surface area (Å²) >= 11 is 0. The zero-order valence-electron chi connectivity index (χ0n) is 16.5. The SMILES string of the molecule is CC(C(=O)Nc1cccc(CS(=O)C2CCCCC2)c1)C(N)c1ccccc1. The van der Waals surface area contributed by atoms with E-state index in [1.807, 2.05) is 61.5 Å². The van der Waals surface area contributed by atoms with Crippen LogP contribution in [0, 0.1) is 5.92 Å². The van der Waals surface area contributed by atoms with Gasteiger partial charge in [-0.2, -0.15) is 0 Å². The Morgan fingerprint density at radius 1 is 1.11 bits per heavy atom. The third-order valence-electron chi connectivity index (χ3n) is 5.56. The van der Waals surface area contributed by atoms with Crippen LogP contribution >= 0.6 is 0 Å². The second-order valence-electron chi connectivity index (χ2n) is 7.70. The van der Waals surface area contributed by atoms with Gasteiger partial charge in [-0.15, -0.1) is 0 Å². The lowest BCUT2D eigenvalue weighted by molar-refractivity contribution is -0.120. The molecule has 0 bridgehead atoms. The summed E-state index contributed by atoms with van der Waals surface area (Å²) in [6, 6.07) is 17.0. The maximum absolute atomic E-state index is 12.7. The molecule has 5 heteroatoms. The third-order valence-corrected chi connectivity index (χ3v) is 7.40. The van der Waals surface area contributed by atoms with Crippen LogP contribution in [-0.4, -0.2) is 15.4 Å². The minimum Gasteiger partial charge on any atom is -0.326 e. The number of hydrogen-bond donors (Lipinski definition) is 2. The Morgan fingerprint density at radius 2 is 1.82 bits per heavy atom. The van der Waals surface area contributed by atoms with Gasteiger partial charge in [0.2, 0.25) is 5.91 Å². The van der Waals surface area contributed by atoms with Crippen LogP contribution in [0.5, 0.6) is 0 Å².